The highest BCUT2D eigenvalue weighted by Gasteiger charge is 2.54. The van der Waals surface area contributed by atoms with Crippen LogP contribution in [0.1, 0.15) is 47.5 Å². The van der Waals surface area contributed by atoms with Crippen LogP contribution >= 0.6 is 0 Å². The minimum absolute atomic E-state index is 0.0430. The standard InChI is InChI=1S/C13H22O/c1-9(2)13-7-6-10(3)11(8-13)12(4,5)14-13/h6,9,11H,7-8H2,1-5H3. The summed E-state index contributed by atoms with van der Waals surface area (Å²) in [6.07, 6.45) is 4.72. The van der Waals surface area contributed by atoms with Gasteiger partial charge in [-0.1, -0.05) is 25.5 Å². The molecule has 1 aliphatic carbocycles. The molecule has 0 amide bonds. The van der Waals surface area contributed by atoms with E-state index in [9.17, 15) is 0 Å². The molecule has 2 rings (SSSR count). The van der Waals surface area contributed by atoms with Crippen molar-refractivity contribution in [3.8, 4) is 0 Å². The van der Waals surface area contributed by atoms with Crippen molar-refractivity contribution in [2.24, 2.45) is 11.8 Å². The van der Waals surface area contributed by atoms with E-state index in [0.29, 0.717) is 11.8 Å². The second-order valence-electron chi connectivity index (χ2n) is 5.83. The lowest BCUT2D eigenvalue weighted by Crippen LogP contribution is -2.36. The van der Waals surface area contributed by atoms with Crippen LogP contribution in [0.15, 0.2) is 11.6 Å². The molecule has 0 aromatic rings. The third-order valence-electron chi connectivity index (χ3n) is 4.23. The number of ether oxygens (including phenoxy) is 1. The summed E-state index contributed by atoms with van der Waals surface area (Å²) in [5.74, 6) is 1.26. The third kappa shape index (κ3) is 1.25. The van der Waals surface area contributed by atoms with E-state index in [4.69, 9.17) is 4.74 Å². The van der Waals surface area contributed by atoms with E-state index in [1.54, 1.807) is 0 Å². The molecule has 2 aliphatic rings. The zero-order chi connectivity index (χ0) is 10.6. The normalized spacial score (nSPS) is 40.1. The Morgan fingerprint density at radius 2 is 2.07 bits per heavy atom. The Morgan fingerprint density at radius 1 is 1.43 bits per heavy atom. The number of hydrogen-bond donors (Lipinski definition) is 0. The van der Waals surface area contributed by atoms with E-state index in [1.807, 2.05) is 0 Å². The Kier molecular flexibility index (Phi) is 2.08. The van der Waals surface area contributed by atoms with E-state index in [1.165, 1.54) is 12.0 Å². The van der Waals surface area contributed by atoms with E-state index < -0.39 is 0 Å². The van der Waals surface area contributed by atoms with E-state index in [2.05, 4.69) is 40.7 Å². The van der Waals surface area contributed by atoms with Gasteiger partial charge in [0.15, 0.2) is 0 Å². The van der Waals surface area contributed by atoms with Crippen molar-refractivity contribution in [2.45, 2.75) is 58.7 Å². The first-order valence-corrected chi connectivity index (χ1v) is 5.74. The van der Waals surface area contributed by atoms with Gasteiger partial charge in [0.05, 0.1) is 11.2 Å². The molecule has 2 atom stereocenters. The molecule has 0 radical (unpaired) electrons. The molecule has 1 heterocycles. The summed E-state index contributed by atoms with van der Waals surface area (Å²) in [5.41, 5.74) is 1.71. The Morgan fingerprint density at radius 3 is 2.64 bits per heavy atom. The van der Waals surface area contributed by atoms with Crippen LogP contribution in [0.4, 0.5) is 0 Å². The second kappa shape index (κ2) is 2.85. The van der Waals surface area contributed by atoms with Gasteiger partial charge >= 0.3 is 0 Å². The average molecular weight is 194 g/mol. The summed E-state index contributed by atoms with van der Waals surface area (Å²) < 4.78 is 6.34. The lowest BCUT2D eigenvalue weighted by molar-refractivity contribution is -0.110. The van der Waals surface area contributed by atoms with Gasteiger partial charge in [-0.25, -0.2) is 0 Å². The van der Waals surface area contributed by atoms with Crippen LogP contribution < -0.4 is 0 Å². The minimum atomic E-state index is 0.0430. The maximum Gasteiger partial charge on any atom is 0.0753 e. The highest BCUT2D eigenvalue weighted by molar-refractivity contribution is 5.21. The van der Waals surface area contributed by atoms with Gasteiger partial charge in [0.25, 0.3) is 0 Å². The first-order chi connectivity index (χ1) is 6.37. The Hall–Kier alpha value is -0.300. The van der Waals surface area contributed by atoms with Crippen molar-refractivity contribution < 1.29 is 4.74 Å². The molecule has 0 aromatic carbocycles. The van der Waals surface area contributed by atoms with Gasteiger partial charge in [0.2, 0.25) is 0 Å². The summed E-state index contributed by atoms with van der Waals surface area (Å²) in [7, 11) is 0. The SMILES string of the molecule is CC1=CCC2(C(C)C)CC1C(C)(C)O2. The van der Waals surface area contributed by atoms with Gasteiger partial charge in [0, 0.05) is 5.92 Å². The number of fused-ring (bicyclic) bond motifs is 2. The molecule has 2 bridgehead atoms. The van der Waals surface area contributed by atoms with Crippen molar-refractivity contribution in [2.75, 3.05) is 0 Å². The molecule has 1 aliphatic heterocycles. The fourth-order valence-corrected chi connectivity index (χ4v) is 3.13. The number of rotatable bonds is 1. The van der Waals surface area contributed by atoms with Crippen LogP contribution in [-0.2, 0) is 4.74 Å². The molecular formula is C13H22O. The first kappa shape index (κ1) is 10.2. The van der Waals surface area contributed by atoms with Gasteiger partial charge in [-0.2, -0.15) is 0 Å². The smallest absolute Gasteiger partial charge is 0.0753 e. The average Bonchev–Trinajstić information content (AvgIpc) is 2.30. The second-order valence-corrected chi connectivity index (χ2v) is 5.83. The summed E-state index contributed by atoms with van der Waals surface area (Å²) in [5, 5.41) is 0. The van der Waals surface area contributed by atoms with Gasteiger partial charge in [0.1, 0.15) is 0 Å². The predicted molar refractivity (Wildman–Crippen MR) is 59.2 cm³/mol. The van der Waals surface area contributed by atoms with E-state index in [0.717, 1.165) is 6.42 Å². The quantitative estimate of drug-likeness (QED) is 0.580. The summed E-state index contributed by atoms with van der Waals surface area (Å²) in [4.78, 5) is 0. The fourth-order valence-electron chi connectivity index (χ4n) is 3.13. The van der Waals surface area contributed by atoms with Crippen LogP contribution in [0.5, 0.6) is 0 Å². The lowest BCUT2D eigenvalue weighted by Gasteiger charge is -2.34. The molecule has 1 heteroatoms. The zero-order valence-electron chi connectivity index (χ0n) is 10.1. The molecule has 0 aromatic heterocycles. The molecule has 80 valence electrons. The van der Waals surface area contributed by atoms with Crippen molar-refractivity contribution in [1.29, 1.82) is 0 Å². The monoisotopic (exact) mass is 194 g/mol. The van der Waals surface area contributed by atoms with Crippen molar-refractivity contribution in [1.82, 2.24) is 0 Å². The molecule has 0 N–H and O–H groups in total. The summed E-state index contributed by atoms with van der Waals surface area (Å²) >= 11 is 0. The molecule has 0 saturated carbocycles. The van der Waals surface area contributed by atoms with Crippen molar-refractivity contribution in [3.05, 3.63) is 11.6 Å². The van der Waals surface area contributed by atoms with Crippen LogP contribution in [0.25, 0.3) is 0 Å². The summed E-state index contributed by atoms with van der Waals surface area (Å²) in [6.45, 7) is 11.3. The number of hydrogen-bond acceptors (Lipinski definition) is 1. The highest BCUT2D eigenvalue weighted by Crippen LogP contribution is 2.53. The maximum absolute atomic E-state index is 6.34. The topological polar surface area (TPSA) is 9.23 Å². The van der Waals surface area contributed by atoms with Crippen LogP contribution in [-0.4, -0.2) is 11.2 Å². The third-order valence-corrected chi connectivity index (χ3v) is 4.23. The molecule has 1 nitrogen and oxygen atoms in total. The fraction of sp³-hybridized carbons (Fsp3) is 0.846. The Bertz CT molecular complexity index is 275. The lowest BCUT2D eigenvalue weighted by atomic mass is 9.72. The van der Waals surface area contributed by atoms with Crippen molar-refractivity contribution >= 4 is 0 Å². The van der Waals surface area contributed by atoms with Gasteiger partial charge in [-0.15, -0.1) is 0 Å². The molecule has 0 spiro atoms. The summed E-state index contributed by atoms with van der Waals surface area (Å²) in [6, 6.07) is 0. The maximum atomic E-state index is 6.34. The van der Waals surface area contributed by atoms with Crippen LogP contribution in [0, 0.1) is 11.8 Å². The highest BCUT2D eigenvalue weighted by atomic mass is 16.5. The van der Waals surface area contributed by atoms with Gasteiger partial charge in [-0.3, -0.25) is 0 Å². The van der Waals surface area contributed by atoms with E-state index >= 15 is 0 Å². The van der Waals surface area contributed by atoms with Gasteiger partial charge < -0.3 is 4.74 Å². The van der Waals surface area contributed by atoms with Crippen LogP contribution in [0.2, 0.25) is 0 Å². The first-order valence-electron chi connectivity index (χ1n) is 5.74. The van der Waals surface area contributed by atoms with Crippen LogP contribution in [0.3, 0.4) is 0 Å². The molecule has 14 heavy (non-hydrogen) atoms. The molecular weight excluding hydrogens is 172 g/mol. The largest absolute Gasteiger partial charge is 0.368 e. The molecule has 2 unspecified atom stereocenters. The molecule has 1 saturated heterocycles. The Balaban J connectivity index is 2.37. The molecule has 1 fully saturated rings. The Labute approximate surface area is 87.5 Å². The van der Waals surface area contributed by atoms with Crippen molar-refractivity contribution in [3.63, 3.8) is 0 Å². The van der Waals surface area contributed by atoms with E-state index in [-0.39, 0.29) is 11.2 Å². The zero-order valence-corrected chi connectivity index (χ0v) is 10.1. The predicted octanol–water partition coefficient (Wildman–Crippen LogP) is 3.55. The minimum Gasteiger partial charge on any atom is -0.368 e. The van der Waals surface area contributed by atoms with Gasteiger partial charge in [-0.05, 0) is 39.5 Å².